The molecule has 0 aliphatic heterocycles. The van der Waals surface area contributed by atoms with E-state index in [0.717, 1.165) is 16.1 Å². The molecule has 0 unspecified atom stereocenters. The number of anilines is 1. The number of aryl methyl sites for hydroxylation is 1. The molecule has 10 nitrogen and oxygen atoms in total. The summed E-state index contributed by atoms with van der Waals surface area (Å²) in [7, 11) is -4.36. The van der Waals surface area contributed by atoms with Crippen LogP contribution in [0.1, 0.15) is 29.0 Å². The molecule has 0 aliphatic carbocycles. The van der Waals surface area contributed by atoms with Crippen LogP contribution >= 0.6 is 11.3 Å². The fraction of sp³-hybridized carbons (Fsp3) is 0.182. The maximum absolute atomic E-state index is 12.7. The van der Waals surface area contributed by atoms with Gasteiger partial charge in [0.1, 0.15) is 11.4 Å². The molecule has 4 rings (SSSR count). The van der Waals surface area contributed by atoms with E-state index < -0.39 is 16.3 Å². The van der Waals surface area contributed by atoms with Crippen LogP contribution in [0.2, 0.25) is 0 Å². The van der Waals surface area contributed by atoms with Crippen LogP contribution in [-0.4, -0.2) is 34.0 Å². The zero-order valence-electron chi connectivity index (χ0n) is 18.0. The molecule has 0 saturated heterocycles. The molecular formula is C22H21N5O5S2. The zero-order chi connectivity index (χ0) is 24.1. The first-order valence-corrected chi connectivity index (χ1v) is 12.5. The Bertz CT molecular complexity index is 1370. The van der Waals surface area contributed by atoms with Gasteiger partial charge in [-0.1, -0.05) is 47.6 Å². The fourth-order valence-corrected chi connectivity index (χ4v) is 4.59. The summed E-state index contributed by atoms with van der Waals surface area (Å²) in [6, 6.07) is 15.8. The summed E-state index contributed by atoms with van der Waals surface area (Å²) in [5.41, 5.74) is 2.72. The Balaban J connectivity index is 1.55. The van der Waals surface area contributed by atoms with Crippen molar-refractivity contribution in [2.75, 3.05) is 4.72 Å². The molecule has 3 N–H and O–H groups in total. The Morgan fingerprint density at radius 1 is 1.12 bits per heavy atom. The van der Waals surface area contributed by atoms with Crippen LogP contribution in [-0.2, 0) is 27.9 Å². The van der Waals surface area contributed by atoms with E-state index >= 15 is 0 Å². The standard InChI is InChI=1S/C22H21N5O5S2/c1-14-23-21(32-26-14)12-20(28)24-18(11-15-7-9-17(10-8-15)27-34(29,30)31)19-13-33-22(25-19)16-5-3-2-4-6-16/h2-10,13,18,27H,11-12H2,1H3,(H,24,28)(H,29,30,31)/t18-/m0/s1. The maximum atomic E-state index is 12.7. The Hall–Kier alpha value is -3.61. The largest absolute Gasteiger partial charge is 0.357 e. The molecule has 34 heavy (non-hydrogen) atoms. The number of amides is 1. The summed E-state index contributed by atoms with van der Waals surface area (Å²) in [4.78, 5) is 21.5. The Labute approximate surface area is 199 Å². The predicted molar refractivity (Wildman–Crippen MR) is 126 cm³/mol. The molecule has 0 bridgehead atoms. The quantitative estimate of drug-likeness (QED) is 0.297. The minimum Gasteiger partial charge on any atom is -0.347 e. The molecule has 1 atom stereocenters. The van der Waals surface area contributed by atoms with Gasteiger partial charge in [0, 0.05) is 10.9 Å². The summed E-state index contributed by atoms with van der Waals surface area (Å²) in [5, 5.41) is 9.41. The van der Waals surface area contributed by atoms with Gasteiger partial charge in [0.05, 0.1) is 17.4 Å². The highest BCUT2D eigenvalue weighted by Gasteiger charge is 2.21. The van der Waals surface area contributed by atoms with Gasteiger partial charge in [0.25, 0.3) is 0 Å². The van der Waals surface area contributed by atoms with E-state index in [1.54, 1.807) is 19.1 Å². The second kappa shape index (κ2) is 10.1. The van der Waals surface area contributed by atoms with Crippen LogP contribution < -0.4 is 10.0 Å². The van der Waals surface area contributed by atoms with Crippen molar-refractivity contribution in [3.63, 3.8) is 0 Å². The summed E-state index contributed by atoms with van der Waals surface area (Å²) in [6.07, 6.45) is 0.336. The molecule has 0 fully saturated rings. The summed E-state index contributed by atoms with van der Waals surface area (Å²) < 4.78 is 38.0. The molecular weight excluding hydrogens is 478 g/mol. The highest BCUT2D eigenvalue weighted by molar-refractivity contribution is 7.87. The average Bonchev–Trinajstić information content (AvgIpc) is 3.43. The predicted octanol–water partition coefficient (Wildman–Crippen LogP) is 3.36. The van der Waals surface area contributed by atoms with Crippen molar-refractivity contribution >= 4 is 33.2 Å². The molecule has 2 aromatic carbocycles. The number of rotatable bonds is 9. The van der Waals surface area contributed by atoms with E-state index in [1.165, 1.54) is 23.5 Å². The van der Waals surface area contributed by atoms with Gasteiger partial charge in [-0.15, -0.1) is 11.3 Å². The van der Waals surface area contributed by atoms with Crippen LogP contribution in [0.5, 0.6) is 0 Å². The van der Waals surface area contributed by atoms with Crippen molar-refractivity contribution in [1.29, 1.82) is 0 Å². The van der Waals surface area contributed by atoms with Crippen molar-refractivity contribution < 1.29 is 22.3 Å². The first-order valence-electron chi connectivity index (χ1n) is 10.2. The minimum absolute atomic E-state index is 0.0652. The number of hydrogen-bond donors (Lipinski definition) is 3. The number of aromatic nitrogens is 3. The van der Waals surface area contributed by atoms with Crippen LogP contribution in [0, 0.1) is 6.92 Å². The fourth-order valence-electron chi connectivity index (χ4n) is 3.28. The van der Waals surface area contributed by atoms with Gasteiger partial charge >= 0.3 is 10.3 Å². The summed E-state index contributed by atoms with van der Waals surface area (Å²) >= 11 is 1.48. The topological polar surface area (TPSA) is 147 Å². The van der Waals surface area contributed by atoms with Crippen molar-refractivity contribution in [1.82, 2.24) is 20.4 Å². The smallest absolute Gasteiger partial charge is 0.347 e. The van der Waals surface area contributed by atoms with Gasteiger partial charge < -0.3 is 9.84 Å². The summed E-state index contributed by atoms with van der Waals surface area (Å²) in [6.45, 7) is 1.68. The van der Waals surface area contributed by atoms with E-state index in [1.807, 2.05) is 40.4 Å². The van der Waals surface area contributed by atoms with E-state index in [2.05, 4.69) is 15.5 Å². The Morgan fingerprint density at radius 3 is 2.50 bits per heavy atom. The van der Waals surface area contributed by atoms with Crippen molar-refractivity contribution in [3.05, 3.63) is 82.9 Å². The van der Waals surface area contributed by atoms with Crippen molar-refractivity contribution in [2.45, 2.75) is 25.8 Å². The molecule has 176 valence electrons. The van der Waals surface area contributed by atoms with E-state index in [4.69, 9.17) is 14.1 Å². The second-order valence-electron chi connectivity index (χ2n) is 7.45. The first kappa shape index (κ1) is 23.5. The average molecular weight is 500 g/mol. The minimum atomic E-state index is -4.36. The van der Waals surface area contributed by atoms with Gasteiger partial charge in [0.2, 0.25) is 11.8 Å². The lowest BCUT2D eigenvalue weighted by atomic mass is 10.0. The van der Waals surface area contributed by atoms with Crippen LogP contribution in [0.3, 0.4) is 0 Å². The van der Waals surface area contributed by atoms with Crippen molar-refractivity contribution in [2.24, 2.45) is 0 Å². The molecule has 4 aromatic rings. The summed E-state index contributed by atoms with van der Waals surface area (Å²) in [5.74, 6) is 0.371. The maximum Gasteiger partial charge on any atom is 0.357 e. The number of carbonyl (C=O) groups excluding carboxylic acids is 1. The number of thiazole rings is 1. The van der Waals surface area contributed by atoms with Gasteiger partial charge in [-0.3, -0.25) is 14.1 Å². The first-order chi connectivity index (χ1) is 16.2. The molecule has 0 spiro atoms. The molecule has 12 heteroatoms. The van der Waals surface area contributed by atoms with Crippen LogP contribution in [0.25, 0.3) is 10.6 Å². The van der Waals surface area contributed by atoms with Crippen LogP contribution in [0.15, 0.2) is 64.5 Å². The Morgan fingerprint density at radius 2 is 1.85 bits per heavy atom. The van der Waals surface area contributed by atoms with Gasteiger partial charge in [-0.25, -0.2) is 4.98 Å². The highest BCUT2D eigenvalue weighted by atomic mass is 32.2. The molecule has 2 aromatic heterocycles. The van der Waals surface area contributed by atoms with Crippen molar-refractivity contribution in [3.8, 4) is 10.6 Å². The van der Waals surface area contributed by atoms with E-state index in [9.17, 15) is 13.2 Å². The lowest BCUT2D eigenvalue weighted by Crippen LogP contribution is -2.31. The molecule has 1 amide bonds. The highest BCUT2D eigenvalue weighted by Crippen LogP contribution is 2.28. The lowest BCUT2D eigenvalue weighted by Gasteiger charge is -2.17. The number of nitrogens with zero attached hydrogens (tertiary/aromatic N) is 3. The second-order valence-corrected chi connectivity index (χ2v) is 9.47. The molecule has 0 radical (unpaired) electrons. The normalized spacial score (nSPS) is 12.3. The van der Waals surface area contributed by atoms with E-state index in [0.29, 0.717) is 17.9 Å². The van der Waals surface area contributed by atoms with Gasteiger partial charge in [-0.2, -0.15) is 13.4 Å². The number of benzene rings is 2. The van der Waals surface area contributed by atoms with E-state index in [-0.39, 0.29) is 23.9 Å². The lowest BCUT2D eigenvalue weighted by molar-refractivity contribution is -0.121. The third-order valence-electron chi connectivity index (χ3n) is 4.76. The van der Waals surface area contributed by atoms with Gasteiger partial charge in [0.15, 0.2) is 5.82 Å². The molecule has 2 heterocycles. The van der Waals surface area contributed by atoms with Gasteiger partial charge in [-0.05, 0) is 31.0 Å². The number of nitrogens with one attached hydrogen (secondary N) is 2. The molecule has 0 aliphatic rings. The molecule has 0 saturated carbocycles. The SMILES string of the molecule is Cc1noc(CC(=O)N[C@@H](Cc2ccc(NS(=O)(=O)O)cc2)c2csc(-c3ccccc3)n2)n1. The third-order valence-corrected chi connectivity index (χ3v) is 6.16. The monoisotopic (exact) mass is 499 g/mol. The Kier molecular flexibility index (Phi) is 7.01. The number of carbonyl (C=O) groups is 1. The number of hydrogen-bond acceptors (Lipinski definition) is 8. The third kappa shape index (κ3) is 6.47. The van der Waals surface area contributed by atoms with Crippen LogP contribution in [0.4, 0.5) is 5.69 Å². The zero-order valence-corrected chi connectivity index (χ0v) is 19.6.